The van der Waals surface area contributed by atoms with E-state index in [-0.39, 0.29) is 0 Å². The Balaban J connectivity index is 3.46. The predicted molar refractivity (Wildman–Crippen MR) is 42.8 cm³/mol. The second kappa shape index (κ2) is 4.66. The summed E-state index contributed by atoms with van der Waals surface area (Å²) in [5, 5.41) is 4.14. The SMILES string of the molecule is COC(C)CN(C)N(C)C. The van der Waals surface area contributed by atoms with Gasteiger partial charge in [0.2, 0.25) is 0 Å². The molecular formula is C7H18N2O. The lowest BCUT2D eigenvalue weighted by Crippen LogP contribution is -2.38. The van der Waals surface area contributed by atoms with Crippen molar-refractivity contribution in [2.75, 3.05) is 34.8 Å². The molecule has 0 radical (unpaired) electrons. The second-order valence-corrected chi connectivity index (χ2v) is 2.73. The molecule has 1 atom stereocenters. The summed E-state index contributed by atoms with van der Waals surface area (Å²) in [7, 11) is 7.80. The molecule has 0 aliphatic carbocycles. The first-order chi connectivity index (χ1) is 4.57. The average molecular weight is 146 g/mol. The predicted octanol–water partition coefficient (Wildman–Crippen LogP) is 0.430. The van der Waals surface area contributed by atoms with Crippen LogP contribution in [0.1, 0.15) is 6.92 Å². The summed E-state index contributed by atoms with van der Waals surface area (Å²) >= 11 is 0. The Hall–Kier alpha value is -0.120. The van der Waals surface area contributed by atoms with Gasteiger partial charge >= 0.3 is 0 Å². The van der Waals surface area contributed by atoms with Crippen molar-refractivity contribution in [3.05, 3.63) is 0 Å². The lowest BCUT2D eigenvalue weighted by Gasteiger charge is -2.26. The Morgan fingerprint density at radius 1 is 1.30 bits per heavy atom. The fourth-order valence-electron chi connectivity index (χ4n) is 0.610. The van der Waals surface area contributed by atoms with Crippen LogP contribution in [0.4, 0.5) is 0 Å². The zero-order valence-corrected chi connectivity index (χ0v) is 7.59. The van der Waals surface area contributed by atoms with E-state index in [2.05, 4.69) is 11.9 Å². The van der Waals surface area contributed by atoms with E-state index < -0.39 is 0 Å². The molecule has 0 aliphatic rings. The van der Waals surface area contributed by atoms with Crippen LogP contribution in [0.3, 0.4) is 0 Å². The molecule has 0 saturated heterocycles. The number of hydrazine groups is 1. The van der Waals surface area contributed by atoms with E-state index >= 15 is 0 Å². The molecule has 0 heterocycles. The molecule has 3 nitrogen and oxygen atoms in total. The van der Waals surface area contributed by atoms with Crippen LogP contribution in [0.2, 0.25) is 0 Å². The molecule has 62 valence electrons. The molecule has 0 aromatic heterocycles. The van der Waals surface area contributed by atoms with Crippen LogP contribution in [0.5, 0.6) is 0 Å². The first kappa shape index (κ1) is 9.88. The maximum absolute atomic E-state index is 5.10. The number of rotatable bonds is 4. The minimum Gasteiger partial charge on any atom is -0.380 e. The number of hydrogen-bond acceptors (Lipinski definition) is 3. The van der Waals surface area contributed by atoms with Crippen LogP contribution >= 0.6 is 0 Å². The summed E-state index contributed by atoms with van der Waals surface area (Å²) in [6.07, 6.45) is 0.299. The van der Waals surface area contributed by atoms with E-state index in [0.29, 0.717) is 6.10 Å². The third kappa shape index (κ3) is 3.82. The molecule has 0 amide bonds. The molecule has 3 heteroatoms. The molecule has 0 aromatic rings. The minimum absolute atomic E-state index is 0.299. The molecular weight excluding hydrogens is 128 g/mol. The molecule has 0 N–H and O–H groups in total. The van der Waals surface area contributed by atoms with Gasteiger partial charge < -0.3 is 4.74 Å². The van der Waals surface area contributed by atoms with Crippen molar-refractivity contribution in [1.82, 2.24) is 10.0 Å². The highest BCUT2D eigenvalue weighted by Crippen LogP contribution is 1.92. The van der Waals surface area contributed by atoms with Gasteiger partial charge in [0.25, 0.3) is 0 Å². The zero-order chi connectivity index (χ0) is 8.15. The minimum atomic E-state index is 0.299. The summed E-state index contributed by atoms with van der Waals surface area (Å²) < 4.78 is 5.10. The summed E-state index contributed by atoms with van der Waals surface area (Å²) in [5.41, 5.74) is 0. The van der Waals surface area contributed by atoms with Crippen molar-refractivity contribution in [2.24, 2.45) is 0 Å². The molecule has 10 heavy (non-hydrogen) atoms. The van der Waals surface area contributed by atoms with Gasteiger partial charge in [-0.2, -0.15) is 0 Å². The number of ether oxygens (including phenoxy) is 1. The first-order valence-corrected chi connectivity index (χ1v) is 3.49. The Labute approximate surface area is 63.5 Å². The van der Waals surface area contributed by atoms with Gasteiger partial charge in [0.1, 0.15) is 0 Å². The molecule has 0 aromatic carbocycles. The Kier molecular flexibility index (Phi) is 4.60. The quantitative estimate of drug-likeness (QED) is 0.535. The Bertz CT molecular complexity index is 85.7. The van der Waals surface area contributed by atoms with E-state index in [1.807, 2.05) is 26.2 Å². The van der Waals surface area contributed by atoms with Gasteiger partial charge in [-0.25, -0.2) is 10.0 Å². The first-order valence-electron chi connectivity index (χ1n) is 3.49. The van der Waals surface area contributed by atoms with Gasteiger partial charge in [-0.3, -0.25) is 0 Å². The van der Waals surface area contributed by atoms with Crippen molar-refractivity contribution in [3.63, 3.8) is 0 Å². The molecule has 0 aliphatic heterocycles. The maximum atomic E-state index is 5.10. The van der Waals surface area contributed by atoms with E-state index in [1.54, 1.807) is 7.11 Å². The smallest absolute Gasteiger partial charge is 0.0684 e. The monoisotopic (exact) mass is 146 g/mol. The van der Waals surface area contributed by atoms with Gasteiger partial charge in [0, 0.05) is 34.8 Å². The Morgan fingerprint density at radius 2 is 1.80 bits per heavy atom. The summed E-state index contributed by atoms with van der Waals surface area (Å²) in [4.78, 5) is 0. The summed E-state index contributed by atoms with van der Waals surface area (Å²) in [6.45, 7) is 2.99. The number of likely N-dealkylation sites (N-methyl/N-ethyl adjacent to an activating group) is 1. The lowest BCUT2D eigenvalue weighted by atomic mass is 10.4. The number of hydrogen-bond donors (Lipinski definition) is 0. The van der Waals surface area contributed by atoms with Crippen LogP contribution in [0.15, 0.2) is 0 Å². The normalized spacial score (nSPS) is 14.7. The Morgan fingerprint density at radius 3 is 2.10 bits per heavy atom. The van der Waals surface area contributed by atoms with Crippen molar-refractivity contribution < 1.29 is 4.74 Å². The highest BCUT2D eigenvalue weighted by molar-refractivity contribution is 4.52. The zero-order valence-electron chi connectivity index (χ0n) is 7.59. The van der Waals surface area contributed by atoms with Gasteiger partial charge in [-0.1, -0.05) is 0 Å². The van der Waals surface area contributed by atoms with E-state index in [0.717, 1.165) is 6.54 Å². The lowest BCUT2D eigenvalue weighted by molar-refractivity contribution is -0.00237. The van der Waals surface area contributed by atoms with Crippen molar-refractivity contribution in [1.29, 1.82) is 0 Å². The number of nitrogens with zero attached hydrogens (tertiary/aromatic N) is 2. The molecule has 0 rings (SSSR count). The topological polar surface area (TPSA) is 15.7 Å². The highest BCUT2D eigenvalue weighted by atomic mass is 16.5. The highest BCUT2D eigenvalue weighted by Gasteiger charge is 2.05. The molecule has 0 fully saturated rings. The second-order valence-electron chi connectivity index (χ2n) is 2.73. The van der Waals surface area contributed by atoms with Crippen molar-refractivity contribution in [2.45, 2.75) is 13.0 Å². The summed E-state index contributed by atoms with van der Waals surface area (Å²) in [5.74, 6) is 0. The van der Waals surface area contributed by atoms with E-state index in [4.69, 9.17) is 4.74 Å². The van der Waals surface area contributed by atoms with Crippen LogP contribution in [-0.4, -0.2) is 50.9 Å². The van der Waals surface area contributed by atoms with E-state index in [9.17, 15) is 0 Å². The molecule has 0 saturated carbocycles. The fraction of sp³-hybridized carbons (Fsp3) is 1.00. The van der Waals surface area contributed by atoms with Crippen LogP contribution in [0.25, 0.3) is 0 Å². The molecule has 0 bridgehead atoms. The summed E-state index contributed by atoms with van der Waals surface area (Å²) in [6, 6.07) is 0. The van der Waals surface area contributed by atoms with Crippen LogP contribution in [0, 0.1) is 0 Å². The molecule has 0 spiro atoms. The van der Waals surface area contributed by atoms with Crippen molar-refractivity contribution in [3.8, 4) is 0 Å². The van der Waals surface area contributed by atoms with Gasteiger partial charge in [0.05, 0.1) is 6.10 Å². The van der Waals surface area contributed by atoms with Crippen LogP contribution in [-0.2, 0) is 4.74 Å². The third-order valence-electron chi connectivity index (χ3n) is 1.61. The standard InChI is InChI=1S/C7H18N2O/c1-7(10-5)6-9(4)8(2)3/h7H,6H2,1-5H3. The maximum Gasteiger partial charge on any atom is 0.0684 e. The largest absolute Gasteiger partial charge is 0.380 e. The van der Waals surface area contributed by atoms with Gasteiger partial charge in [-0.05, 0) is 6.92 Å². The van der Waals surface area contributed by atoms with Crippen molar-refractivity contribution >= 4 is 0 Å². The molecule has 1 unspecified atom stereocenters. The van der Waals surface area contributed by atoms with Crippen LogP contribution < -0.4 is 0 Å². The average Bonchev–Trinajstić information content (AvgIpc) is 1.87. The number of methoxy groups -OCH3 is 1. The van der Waals surface area contributed by atoms with E-state index in [1.165, 1.54) is 0 Å². The fourth-order valence-corrected chi connectivity index (χ4v) is 0.610. The van der Waals surface area contributed by atoms with Gasteiger partial charge in [0.15, 0.2) is 0 Å². The van der Waals surface area contributed by atoms with Gasteiger partial charge in [-0.15, -0.1) is 0 Å². The third-order valence-corrected chi connectivity index (χ3v) is 1.61.